The van der Waals surface area contributed by atoms with Crippen molar-refractivity contribution in [2.24, 2.45) is 0 Å². The van der Waals surface area contributed by atoms with E-state index in [-0.39, 0.29) is 10.6 Å². The summed E-state index contributed by atoms with van der Waals surface area (Å²) in [4.78, 5) is 11.1. The summed E-state index contributed by atoms with van der Waals surface area (Å²) in [6, 6.07) is 12.8. The largest absolute Gasteiger partial charge is 0.423 e. The standard InChI is InChI=1S/C15H9ClO5S/c16-11-2-4-12(5-3-11)21-22(18,19)13-6-7-14-10(9-13)1-8-15(17)20-14/h1-9H. The van der Waals surface area contributed by atoms with Crippen LogP contribution in [0.1, 0.15) is 0 Å². The fourth-order valence-corrected chi connectivity index (χ4v) is 2.96. The Morgan fingerprint density at radius 3 is 2.41 bits per heavy atom. The normalized spacial score (nSPS) is 11.5. The first kappa shape index (κ1) is 14.6. The Morgan fingerprint density at radius 2 is 1.68 bits per heavy atom. The van der Waals surface area contributed by atoms with Crippen LogP contribution in [0.25, 0.3) is 11.0 Å². The summed E-state index contributed by atoms with van der Waals surface area (Å²) in [6.07, 6.45) is 0. The van der Waals surface area contributed by atoms with Gasteiger partial charge in [0.15, 0.2) is 0 Å². The van der Waals surface area contributed by atoms with E-state index in [1.54, 1.807) is 0 Å². The monoisotopic (exact) mass is 336 g/mol. The SMILES string of the molecule is O=c1ccc2cc(S(=O)(=O)Oc3ccc(Cl)cc3)ccc2o1. The molecule has 3 aromatic rings. The van der Waals surface area contributed by atoms with Crippen LogP contribution < -0.4 is 9.81 Å². The molecule has 0 aliphatic carbocycles. The molecule has 0 aliphatic rings. The van der Waals surface area contributed by atoms with Gasteiger partial charge in [-0.05, 0) is 48.5 Å². The second-order valence-corrected chi connectivity index (χ2v) is 6.43. The number of rotatable bonds is 3. The van der Waals surface area contributed by atoms with Crippen LogP contribution in [0.4, 0.5) is 0 Å². The van der Waals surface area contributed by atoms with Crippen molar-refractivity contribution < 1.29 is 17.0 Å². The molecule has 0 fully saturated rings. The predicted molar refractivity (Wildman–Crippen MR) is 81.7 cm³/mol. The molecule has 0 aliphatic heterocycles. The third-order valence-corrected chi connectivity index (χ3v) is 4.39. The second-order valence-electron chi connectivity index (χ2n) is 4.45. The van der Waals surface area contributed by atoms with Gasteiger partial charge in [-0.15, -0.1) is 0 Å². The molecule has 0 saturated carbocycles. The number of fused-ring (bicyclic) bond motifs is 1. The average molecular weight is 337 g/mol. The Bertz CT molecular complexity index is 990. The van der Waals surface area contributed by atoms with Crippen molar-refractivity contribution >= 4 is 32.7 Å². The van der Waals surface area contributed by atoms with Crippen molar-refractivity contribution in [1.29, 1.82) is 0 Å². The van der Waals surface area contributed by atoms with E-state index in [1.807, 2.05) is 0 Å². The smallest absolute Gasteiger partial charge is 0.339 e. The van der Waals surface area contributed by atoms with E-state index in [4.69, 9.17) is 20.2 Å². The Kier molecular flexibility index (Phi) is 3.64. The quantitative estimate of drug-likeness (QED) is 0.542. The summed E-state index contributed by atoms with van der Waals surface area (Å²) < 4.78 is 34.5. The highest BCUT2D eigenvalue weighted by molar-refractivity contribution is 7.87. The molecular formula is C15H9ClO5S. The molecule has 2 aromatic carbocycles. The van der Waals surface area contributed by atoms with Crippen molar-refractivity contribution in [3.63, 3.8) is 0 Å². The third-order valence-electron chi connectivity index (χ3n) is 2.90. The Labute approximate surface area is 130 Å². The maximum Gasteiger partial charge on any atom is 0.339 e. The molecule has 3 rings (SSSR count). The van der Waals surface area contributed by atoms with Crippen LogP contribution in [0.15, 0.2) is 68.7 Å². The lowest BCUT2D eigenvalue weighted by atomic mass is 10.2. The van der Waals surface area contributed by atoms with Gasteiger partial charge in [-0.25, -0.2) is 4.79 Å². The van der Waals surface area contributed by atoms with Gasteiger partial charge >= 0.3 is 15.7 Å². The fourth-order valence-electron chi connectivity index (χ4n) is 1.87. The predicted octanol–water partition coefficient (Wildman–Crippen LogP) is 3.21. The molecule has 0 bridgehead atoms. The lowest BCUT2D eigenvalue weighted by Crippen LogP contribution is -2.09. The minimum atomic E-state index is -3.99. The van der Waals surface area contributed by atoms with E-state index >= 15 is 0 Å². The maximum absolute atomic E-state index is 12.2. The molecule has 1 aromatic heterocycles. The fraction of sp³-hybridized carbons (Fsp3) is 0. The van der Waals surface area contributed by atoms with Gasteiger partial charge < -0.3 is 8.60 Å². The first-order valence-electron chi connectivity index (χ1n) is 6.18. The van der Waals surface area contributed by atoms with Gasteiger partial charge in [-0.3, -0.25) is 0 Å². The van der Waals surface area contributed by atoms with Gasteiger partial charge in [0.2, 0.25) is 0 Å². The summed E-state index contributed by atoms with van der Waals surface area (Å²) in [6.45, 7) is 0. The highest BCUT2D eigenvalue weighted by atomic mass is 35.5. The molecule has 22 heavy (non-hydrogen) atoms. The zero-order valence-electron chi connectivity index (χ0n) is 11.0. The lowest BCUT2D eigenvalue weighted by molar-refractivity contribution is 0.486. The molecule has 112 valence electrons. The average Bonchev–Trinajstić information content (AvgIpc) is 2.49. The van der Waals surface area contributed by atoms with Gasteiger partial charge in [-0.2, -0.15) is 8.42 Å². The van der Waals surface area contributed by atoms with E-state index in [2.05, 4.69) is 0 Å². The third kappa shape index (κ3) is 2.98. The molecule has 7 heteroatoms. The summed E-state index contributed by atoms with van der Waals surface area (Å²) in [7, 11) is -3.99. The number of benzene rings is 2. The lowest BCUT2D eigenvalue weighted by Gasteiger charge is -2.07. The second kappa shape index (κ2) is 5.47. The minimum absolute atomic E-state index is 0.0381. The molecule has 0 unspecified atom stereocenters. The van der Waals surface area contributed by atoms with Crippen LogP contribution in [0, 0.1) is 0 Å². The van der Waals surface area contributed by atoms with Gasteiger partial charge in [0.25, 0.3) is 0 Å². The van der Waals surface area contributed by atoms with Gasteiger partial charge in [-0.1, -0.05) is 11.6 Å². The van der Waals surface area contributed by atoms with Crippen molar-refractivity contribution in [1.82, 2.24) is 0 Å². The molecule has 0 atom stereocenters. The van der Waals surface area contributed by atoms with Gasteiger partial charge in [0, 0.05) is 16.5 Å². The Morgan fingerprint density at radius 1 is 0.955 bits per heavy atom. The summed E-state index contributed by atoms with van der Waals surface area (Å²) in [5, 5.41) is 0.964. The summed E-state index contributed by atoms with van der Waals surface area (Å²) in [5.74, 6) is 0.157. The van der Waals surface area contributed by atoms with Crippen molar-refractivity contribution in [2.45, 2.75) is 4.90 Å². The topological polar surface area (TPSA) is 73.6 Å². The molecule has 0 radical (unpaired) electrons. The van der Waals surface area contributed by atoms with Crippen molar-refractivity contribution in [2.75, 3.05) is 0 Å². The molecule has 1 heterocycles. The van der Waals surface area contributed by atoms with Crippen LogP contribution in [-0.2, 0) is 10.1 Å². The van der Waals surface area contributed by atoms with Crippen LogP contribution in [0.3, 0.4) is 0 Å². The molecule has 0 saturated heterocycles. The molecule has 0 spiro atoms. The number of hydrogen-bond acceptors (Lipinski definition) is 5. The zero-order valence-corrected chi connectivity index (χ0v) is 12.6. The van der Waals surface area contributed by atoms with Crippen LogP contribution in [-0.4, -0.2) is 8.42 Å². The maximum atomic E-state index is 12.2. The van der Waals surface area contributed by atoms with E-state index in [0.29, 0.717) is 16.0 Å². The summed E-state index contributed by atoms with van der Waals surface area (Å²) in [5.41, 5.74) is -0.196. The van der Waals surface area contributed by atoms with Crippen LogP contribution >= 0.6 is 11.6 Å². The summed E-state index contributed by atoms with van der Waals surface area (Å²) >= 11 is 5.74. The highest BCUT2D eigenvalue weighted by Crippen LogP contribution is 2.23. The van der Waals surface area contributed by atoms with E-state index in [9.17, 15) is 13.2 Å². The van der Waals surface area contributed by atoms with Crippen molar-refractivity contribution in [3.05, 3.63) is 70.0 Å². The van der Waals surface area contributed by atoms with E-state index in [1.165, 1.54) is 54.6 Å². The molecule has 0 N–H and O–H groups in total. The molecular weight excluding hydrogens is 328 g/mol. The highest BCUT2D eigenvalue weighted by Gasteiger charge is 2.17. The van der Waals surface area contributed by atoms with Crippen LogP contribution in [0.2, 0.25) is 5.02 Å². The van der Waals surface area contributed by atoms with E-state index < -0.39 is 15.7 Å². The number of halogens is 1. The van der Waals surface area contributed by atoms with E-state index in [0.717, 1.165) is 0 Å². The zero-order chi connectivity index (χ0) is 15.7. The molecule has 0 amide bonds. The van der Waals surface area contributed by atoms with Crippen LogP contribution in [0.5, 0.6) is 5.75 Å². The van der Waals surface area contributed by atoms with Gasteiger partial charge in [0.1, 0.15) is 16.2 Å². The minimum Gasteiger partial charge on any atom is -0.423 e. The Balaban J connectivity index is 1.99. The Hall–Kier alpha value is -2.31. The van der Waals surface area contributed by atoms with Gasteiger partial charge in [0.05, 0.1) is 0 Å². The molecule has 5 nitrogen and oxygen atoms in total. The first-order chi connectivity index (χ1) is 10.4. The van der Waals surface area contributed by atoms with Crippen molar-refractivity contribution in [3.8, 4) is 5.75 Å². The number of hydrogen-bond donors (Lipinski definition) is 0. The first-order valence-corrected chi connectivity index (χ1v) is 7.97.